The first kappa shape index (κ1) is 13.3. The van der Waals surface area contributed by atoms with Crippen LogP contribution in [0.4, 0.5) is 13.2 Å². The zero-order valence-electron chi connectivity index (χ0n) is 7.18. The Hall–Kier alpha value is -0.770. The third kappa shape index (κ3) is 3.37. The summed E-state index contributed by atoms with van der Waals surface area (Å²) in [4.78, 5) is 14.2. The first-order chi connectivity index (χ1) is 7.20. The summed E-state index contributed by atoms with van der Waals surface area (Å²) in [6.07, 6.45) is -4.98. The molecular formula is C7H2ClF3INO3. The molecule has 1 aromatic heterocycles. The van der Waals surface area contributed by atoms with Crippen LogP contribution in [-0.4, -0.2) is 21.7 Å². The Kier molecular flexibility index (Phi) is 3.84. The predicted molar refractivity (Wildman–Crippen MR) is 55.5 cm³/mol. The van der Waals surface area contributed by atoms with E-state index < -0.39 is 28.8 Å². The first-order valence-corrected chi connectivity index (χ1v) is 5.01. The van der Waals surface area contributed by atoms with Crippen molar-refractivity contribution < 1.29 is 27.8 Å². The summed E-state index contributed by atoms with van der Waals surface area (Å²) in [5, 5.41) is 8.07. The van der Waals surface area contributed by atoms with E-state index in [1.54, 1.807) is 22.6 Å². The highest BCUT2D eigenvalue weighted by Crippen LogP contribution is 2.34. The Balaban J connectivity index is 3.25. The lowest BCUT2D eigenvalue weighted by Crippen LogP contribution is -2.18. The Labute approximate surface area is 106 Å². The number of carbonyl (C=O) groups is 1. The zero-order chi connectivity index (χ0) is 12.5. The predicted octanol–water partition coefficient (Wildman–Crippen LogP) is 2.67. The summed E-state index contributed by atoms with van der Waals surface area (Å²) in [7, 11) is 0. The van der Waals surface area contributed by atoms with Crippen LogP contribution in [0.1, 0.15) is 10.5 Å². The van der Waals surface area contributed by atoms with Gasteiger partial charge in [-0.1, -0.05) is 0 Å². The molecule has 0 aliphatic rings. The number of rotatable bonds is 2. The van der Waals surface area contributed by atoms with Gasteiger partial charge in [-0.2, -0.15) is 0 Å². The molecule has 9 heteroatoms. The van der Waals surface area contributed by atoms with Crippen molar-refractivity contribution in [3.05, 3.63) is 15.5 Å². The molecule has 0 aliphatic carbocycles. The molecule has 0 fully saturated rings. The molecule has 1 rings (SSSR count). The highest BCUT2D eigenvalue weighted by Gasteiger charge is 2.33. The van der Waals surface area contributed by atoms with Crippen molar-refractivity contribution in [2.45, 2.75) is 6.36 Å². The molecule has 0 radical (unpaired) electrons. The van der Waals surface area contributed by atoms with Crippen LogP contribution < -0.4 is 4.74 Å². The van der Waals surface area contributed by atoms with E-state index in [0.717, 1.165) is 6.07 Å². The van der Waals surface area contributed by atoms with Crippen LogP contribution >= 0.6 is 34.2 Å². The topological polar surface area (TPSA) is 59.4 Å². The molecule has 0 aromatic carbocycles. The third-order valence-corrected chi connectivity index (χ3v) is 2.07. The first-order valence-electron chi connectivity index (χ1n) is 3.56. The van der Waals surface area contributed by atoms with E-state index in [9.17, 15) is 23.1 Å². The molecule has 0 amide bonds. The molecule has 1 heterocycles. The van der Waals surface area contributed by atoms with E-state index in [1.165, 1.54) is 0 Å². The van der Waals surface area contributed by atoms with Crippen LogP contribution in [-0.2, 0) is 0 Å². The van der Waals surface area contributed by atoms with E-state index in [0.29, 0.717) is 0 Å². The SMILES string of the molecule is O=C(Cl)c1nc(I)cc(OC(F)(F)F)c1O. The van der Waals surface area contributed by atoms with E-state index in [-0.39, 0.29) is 3.70 Å². The fraction of sp³-hybridized carbons (Fsp3) is 0.143. The van der Waals surface area contributed by atoms with Crippen molar-refractivity contribution in [3.63, 3.8) is 0 Å². The number of nitrogens with zero attached hydrogens (tertiary/aromatic N) is 1. The van der Waals surface area contributed by atoms with E-state index in [1.807, 2.05) is 0 Å². The lowest BCUT2D eigenvalue weighted by atomic mass is 10.3. The van der Waals surface area contributed by atoms with Gasteiger partial charge in [0.2, 0.25) is 0 Å². The monoisotopic (exact) mass is 367 g/mol. The van der Waals surface area contributed by atoms with Crippen molar-refractivity contribution in [2.24, 2.45) is 0 Å². The maximum Gasteiger partial charge on any atom is 0.573 e. The maximum atomic E-state index is 11.9. The number of hydrogen-bond acceptors (Lipinski definition) is 4. The number of aromatic hydroxyl groups is 1. The molecule has 88 valence electrons. The summed E-state index contributed by atoms with van der Waals surface area (Å²) in [5.41, 5.74) is -0.687. The Morgan fingerprint density at radius 3 is 2.56 bits per heavy atom. The van der Waals surface area contributed by atoms with Crippen LogP contribution in [0.15, 0.2) is 6.07 Å². The van der Waals surface area contributed by atoms with Gasteiger partial charge in [-0.3, -0.25) is 4.79 Å². The largest absolute Gasteiger partial charge is 0.573 e. The standard InChI is InChI=1S/C7H2ClF3INO3/c8-6(15)4-5(14)2(1-3(12)13-4)16-7(9,10)11/h1,14H. The summed E-state index contributed by atoms with van der Waals surface area (Å²) in [6.45, 7) is 0. The summed E-state index contributed by atoms with van der Waals surface area (Å²) >= 11 is 6.57. The van der Waals surface area contributed by atoms with Crippen LogP contribution in [0.25, 0.3) is 0 Å². The summed E-state index contributed by atoms with van der Waals surface area (Å²) in [5.74, 6) is -1.96. The van der Waals surface area contributed by atoms with Crippen LogP contribution in [0, 0.1) is 3.70 Å². The van der Waals surface area contributed by atoms with Crippen molar-refractivity contribution in [2.75, 3.05) is 0 Å². The molecule has 0 bridgehead atoms. The molecule has 1 N–H and O–H groups in total. The Bertz CT molecular complexity index is 438. The van der Waals surface area contributed by atoms with Gasteiger partial charge in [0.15, 0.2) is 17.2 Å². The number of halogens is 5. The van der Waals surface area contributed by atoms with Crippen molar-refractivity contribution in [3.8, 4) is 11.5 Å². The normalized spacial score (nSPS) is 11.3. The van der Waals surface area contributed by atoms with Gasteiger partial charge in [-0.25, -0.2) is 4.98 Å². The summed E-state index contributed by atoms with van der Waals surface area (Å²) < 4.78 is 39.3. The molecule has 0 aliphatic heterocycles. The molecule has 1 aromatic rings. The summed E-state index contributed by atoms with van der Waals surface area (Å²) in [6, 6.07) is 0.826. The maximum absolute atomic E-state index is 11.9. The van der Waals surface area contributed by atoms with Gasteiger partial charge < -0.3 is 9.84 Å². The van der Waals surface area contributed by atoms with Crippen LogP contribution in [0.5, 0.6) is 11.5 Å². The van der Waals surface area contributed by atoms with Gasteiger partial charge in [0.1, 0.15) is 3.70 Å². The minimum absolute atomic E-state index is 0.0265. The smallest absolute Gasteiger partial charge is 0.503 e. The molecule has 0 saturated carbocycles. The van der Waals surface area contributed by atoms with Gasteiger partial charge in [-0.05, 0) is 34.2 Å². The van der Waals surface area contributed by atoms with Gasteiger partial charge >= 0.3 is 6.36 Å². The zero-order valence-corrected chi connectivity index (χ0v) is 10.1. The molecule has 0 unspecified atom stereocenters. The quantitative estimate of drug-likeness (QED) is 0.496. The Morgan fingerprint density at radius 1 is 1.56 bits per heavy atom. The average molecular weight is 367 g/mol. The number of hydrogen-bond donors (Lipinski definition) is 1. The molecule has 0 atom stereocenters. The van der Waals surface area contributed by atoms with Crippen molar-refractivity contribution >= 4 is 39.4 Å². The van der Waals surface area contributed by atoms with Crippen LogP contribution in [0.2, 0.25) is 0 Å². The number of aromatic nitrogens is 1. The van der Waals surface area contributed by atoms with Gasteiger partial charge in [0, 0.05) is 6.07 Å². The van der Waals surface area contributed by atoms with Gasteiger partial charge in [-0.15, -0.1) is 13.2 Å². The van der Waals surface area contributed by atoms with Crippen molar-refractivity contribution in [1.29, 1.82) is 0 Å². The fourth-order valence-corrected chi connectivity index (χ4v) is 1.48. The van der Waals surface area contributed by atoms with E-state index >= 15 is 0 Å². The van der Waals surface area contributed by atoms with Crippen LogP contribution in [0.3, 0.4) is 0 Å². The minimum Gasteiger partial charge on any atom is -0.503 e. The van der Waals surface area contributed by atoms with Crippen molar-refractivity contribution in [1.82, 2.24) is 4.98 Å². The number of ether oxygens (including phenoxy) is 1. The third-order valence-electron chi connectivity index (χ3n) is 1.34. The lowest BCUT2D eigenvalue weighted by Gasteiger charge is -2.11. The average Bonchev–Trinajstić information content (AvgIpc) is 2.07. The molecule has 0 saturated heterocycles. The minimum atomic E-state index is -4.98. The Morgan fingerprint density at radius 2 is 2.12 bits per heavy atom. The van der Waals surface area contributed by atoms with Gasteiger partial charge in [0.05, 0.1) is 0 Å². The fourth-order valence-electron chi connectivity index (χ4n) is 0.825. The number of pyridine rings is 1. The second-order valence-electron chi connectivity index (χ2n) is 2.46. The van der Waals surface area contributed by atoms with Gasteiger partial charge in [0.25, 0.3) is 5.24 Å². The van der Waals surface area contributed by atoms with E-state index in [2.05, 4.69) is 9.72 Å². The molecule has 16 heavy (non-hydrogen) atoms. The number of alkyl halides is 3. The highest BCUT2D eigenvalue weighted by molar-refractivity contribution is 14.1. The second kappa shape index (κ2) is 4.62. The number of carbonyl (C=O) groups excluding carboxylic acids is 1. The molecular weight excluding hydrogens is 365 g/mol. The lowest BCUT2D eigenvalue weighted by molar-refractivity contribution is -0.275. The molecule has 0 spiro atoms. The second-order valence-corrected chi connectivity index (χ2v) is 3.91. The highest BCUT2D eigenvalue weighted by atomic mass is 127. The van der Waals surface area contributed by atoms with E-state index in [4.69, 9.17) is 11.6 Å². The molecule has 4 nitrogen and oxygen atoms in total.